The number of anilines is 1. The van der Waals surface area contributed by atoms with Crippen LogP contribution in [0.2, 0.25) is 0 Å². The summed E-state index contributed by atoms with van der Waals surface area (Å²) in [4.78, 5) is 25.6. The average molecular weight is 377 g/mol. The van der Waals surface area contributed by atoms with E-state index in [2.05, 4.69) is 16.7 Å². The van der Waals surface area contributed by atoms with Gasteiger partial charge in [-0.1, -0.05) is 18.2 Å². The molecule has 144 valence electrons. The van der Waals surface area contributed by atoms with Crippen LogP contribution in [-0.4, -0.2) is 38.1 Å². The molecule has 2 amide bonds. The van der Waals surface area contributed by atoms with Crippen LogP contribution in [0.15, 0.2) is 48.5 Å². The van der Waals surface area contributed by atoms with E-state index in [1.54, 1.807) is 6.08 Å². The van der Waals surface area contributed by atoms with Crippen molar-refractivity contribution in [1.82, 2.24) is 10.6 Å². The van der Waals surface area contributed by atoms with Gasteiger partial charge in [-0.25, -0.2) is 0 Å². The van der Waals surface area contributed by atoms with Gasteiger partial charge in [0.2, 0.25) is 11.8 Å². The minimum Gasteiger partial charge on any atom is -0.493 e. The predicted molar refractivity (Wildman–Crippen MR) is 108 cm³/mol. The zero-order chi connectivity index (χ0) is 19.3. The van der Waals surface area contributed by atoms with Gasteiger partial charge in [0.1, 0.15) is 5.75 Å². The lowest BCUT2D eigenvalue weighted by atomic mass is 10.1. The summed E-state index contributed by atoms with van der Waals surface area (Å²) in [6.45, 7) is 3.05. The molecule has 6 nitrogen and oxygen atoms in total. The monoisotopic (exact) mass is 377 g/mol. The van der Waals surface area contributed by atoms with Crippen molar-refractivity contribution in [3.05, 3.63) is 65.2 Å². The minimum absolute atomic E-state index is 0.0466. The molecule has 4 rings (SSSR count). The van der Waals surface area contributed by atoms with E-state index in [9.17, 15) is 9.59 Å². The number of nitrogens with one attached hydrogen (secondary N) is 2. The third kappa shape index (κ3) is 4.34. The van der Waals surface area contributed by atoms with Gasteiger partial charge >= 0.3 is 0 Å². The molecule has 2 aliphatic heterocycles. The number of rotatable bonds is 5. The van der Waals surface area contributed by atoms with Crippen LogP contribution in [0.5, 0.6) is 5.75 Å². The van der Waals surface area contributed by atoms with E-state index in [1.165, 1.54) is 5.56 Å². The van der Waals surface area contributed by atoms with Crippen molar-refractivity contribution in [1.29, 1.82) is 0 Å². The summed E-state index contributed by atoms with van der Waals surface area (Å²) in [5.74, 6) is 0.856. The van der Waals surface area contributed by atoms with Crippen LogP contribution in [-0.2, 0) is 22.6 Å². The standard InChI is InChI=1S/C22H23N3O3/c26-21(8-4-16-3-7-20-18(13-16)9-12-28-20)24-14-17-1-5-19(6-2-17)25-11-10-23-22(27)15-25/h1-8,13H,9-12,14-15H2,(H,23,27)(H,24,26)/b8-4+. The Bertz CT molecular complexity index is 906. The number of fused-ring (bicyclic) bond motifs is 1. The zero-order valence-electron chi connectivity index (χ0n) is 15.6. The van der Waals surface area contributed by atoms with Crippen molar-refractivity contribution in [2.24, 2.45) is 0 Å². The predicted octanol–water partition coefficient (Wildman–Crippen LogP) is 1.89. The molecule has 2 heterocycles. The fourth-order valence-electron chi connectivity index (χ4n) is 3.41. The van der Waals surface area contributed by atoms with Crippen LogP contribution in [0.3, 0.4) is 0 Å². The molecule has 0 spiro atoms. The van der Waals surface area contributed by atoms with Gasteiger partial charge in [-0.2, -0.15) is 0 Å². The molecule has 6 heteroatoms. The van der Waals surface area contributed by atoms with Gasteiger partial charge in [0.15, 0.2) is 0 Å². The van der Waals surface area contributed by atoms with Gasteiger partial charge in [0.05, 0.1) is 13.2 Å². The van der Waals surface area contributed by atoms with E-state index in [0.717, 1.165) is 42.1 Å². The van der Waals surface area contributed by atoms with Gasteiger partial charge in [0, 0.05) is 37.8 Å². The number of piperazine rings is 1. The first-order chi connectivity index (χ1) is 13.7. The van der Waals surface area contributed by atoms with Crippen molar-refractivity contribution < 1.29 is 14.3 Å². The molecule has 28 heavy (non-hydrogen) atoms. The number of nitrogens with zero attached hydrogens (tertiary/aromatic N) is 1. The Morgan fingerprint density at radius 1 is 1.21 bits per heavy atom. The Balaban J connectivity index is 1.29. The smallest absolute Gasteiger partial charge is 0.244 e. The molecule has 0 saturated carbocycles. The van der Waals surface area contributed by atoms with Crippen molar-refractivity contribution in [3.63, 3.8) is 0 Å². The Morgan fingerprint density at radius 2 is 2.07 bits per heavy atom. The highest BCUT2D eigenvalue weighted by Gasteiger charge is 2.16. The third-order valence-corrected chi connectivity index (χ3v) is 4.95. The quantitative estimate of drug-likeness (QED) is 0.781. The summed E-state index contributed by atoms with van der Waals surface area (Å²) in [6, 6.07) is 13.9. The lowest BCUT2D eigenvalue weighted by Crippen LogP contribution is -2.47. The summed E-state index contributed by atoms with van der Waals surface area (Å²) in [5, 5.41) is 5.72. The summed E-state index contributed by atoms with van der Waals surface area (Å²) in [7, 11) is 0. The van der Waals surface area contributed by atoms with Crippen molar-refractivity contribution in [3.8, 4) is 5.75 Å². The third-order valence-electron chi connectivity index (χ3n) is 4.95. The lowest BCUT2D eigenvalue weighted by Gasteiger charge is -2.28. The molecule has 0 bridgehead atoms. The molecule has 2 N–H and O–H groups in total. The second-order valence-corrected chi connectivity index (χ2v) is 6.95. The summed E-state index contributed by atoms with van der Waals surface area (Å²) < 4.78 is 5.49. The Labute approximate surface area is 164 Å². The number of hydrogen-bond donors (Lipinski definition) is 2. The number of carbonyl (C=O) groups excluding carboxylic acids is 2. The zero-order valence-corrected chi connectivity index (χ0v) is 15.6. The van der Waals surface area contributed by atoms with E-state index in [1.807, 2.05) is 47.4 Å². The first-order valence-corrected chi connectivity index (χ1v) is 9.49. The SMILES string of the molecule is O=C(/C=C/c1ccc2c(c1)CCO2)NCc1ccc(N2CCNC(=O)C2)cc1. The van der Waals surface area contributed by atoms with E-state index in [4.69, 9.17) is 4.74 Å². The van der Waals surface area contributed by atoms with Crippen molar-refractivity contribution in [2.75, 3.05) is 31.1 Å². The fourth-order valence-corrected chi connectivity index (χ4v) is 3.41. The average Bonchev–Trinajstić information content (AvgIpc) is 3.19. The summed E-state index contributed by atoms with van der Waals surface area (Å²) >= 11 is 0. The number of hydrogen-bond acceptors (Lipinski definition) is 4. The normalized spacial score (nSPS) is 15.9. The van der Waals surface area contributed by atoms with E-state index in [-0.39, 0.29) is 11.8 Å². The number of ether oxygens (including phenoxy) is 1. The Kier molecular flexibility index (Phi) is 5.28. The molecular weight excluding hydrogens is 354 g/mol. The maximum atomic E-state index is 12.1. The highest BCUT2D eigenvalue weighted by Crippen LogP contribution is 2.26. The van der Waals surface area contributed by atoms with E-state index in [0.29, 0.717) is 19.6 Å². The summed E-state index contributed by atoms with van der Waals surface area (Å²) in [6.07, 6.45) is 4.29. The second-order valence-electron chi connectivity index (χ2n) is 6.95. The highest BCUT2D eigenvalue weighted by molar-refractivity contribution is 5.91. The van der Waals surface area contributed by atoms with Gasteiger partial charge in [-0.3, -0.25) is 9.59 Å². The van der Waals surface area contributed by atoms with E-state index >= 15 is 0 Å². The maximum Gasteiger partial charge on any atom is 0.244 e. The Morgan fingerprint density at radius 3 is 2.89 bits per heavy atom. The molecule has 1 saturated heterocycles. The van der Waals surface area contributed by atoms with Crippen LogP contribution in [0, 0.1) is 0 Å². The number of benzene rings is 2. The van der Waals surface area contributed by atoms with Gasteiger partial charge in [-0.05, 0) is 47.0 Å². The largest absolute Gasteiger partial charge is 0.493 e. The first-order valence-electron chi connectivity index (χ1n) is 9.49. The van der Waals surface area contributed by atoms with Gasteiger partial charge in [0.25, 0.3) is 0 Å². The van der Waals surface area contributed by atoms with Gasteiger partial charge < -0.3 is 20.3 Å². The van der Waals surface area contributed by atoms with Crippen LogP contribution in [0.25, 0.3) is 6.08 Å². The topological polar surface area (TPSA) is 70.7 Å². The number of carbonyl (C=O) groups is 2. The van der Waals surface area contributed by atoms with Crippen LogP contribution >= 0.6 is 0 Å². The molecule has 1 fully saturated rings. The molecular formula is C22H23N3O3. The second kappa shape index (κ2) is 8.17. The van der Waals surface area contributed by atoms with Crippen LogP contribution in [0.1, 0.15) is 16.7 Å². The molecule has 0 unspecified atom stereocenters. The Hall–Kier alpha value is -3.28. The lowest BCUT2D eigenvalue weighted by molar-refractivity contribution is -0.120. The molecule has 0 radical (unpaired) electrons. The maximum absolute atomic E-state index is 12.1. The molecule has 2 aromatic carbocycles. The molecule has 0 atom stereocenters. The van der Waals surface area contributed by atoms with E-state index < -0.39 is 0 Å². The molecule has 0 aliphatic carbocycles. The molecule has 0 aromatic heterocycles. The van der Waals surface area contributed by atoms with Crippen molar-refractivity contribution in [2.45, 2.75) is 13.0 Å². The first kappa shape index (κ1) is 18.1. The fraction of sp³-hybridized carbons (Fsp3) is 0.273. The van der Waals surface area contributed by atoms with Gasteiger partial charge in [-0.15, -0.1) is 0 Å². The summed E-state index contributed by atoms with van der Waals surface area (Å²) in [5.41, 5.74) is 4.22. The van der Waals surface area contributed by atoms with Crippen LogP contribution < -0.4 is 20.3 Å². The molecule has 2 aliphatic rings. The van der Waals surface area contributed by atoms with Crippen molar-refractivity contribution >= 4 is 23.6 Å². The molecule has 2 aromatic rings. The highest BCUT2D eigenvalue weighted by atomic mass is 16.5. The minimum atomic E-state index is -0.131. The number of amides is 2. The van der Waals surface area contributed by atoms with Crippen LogP contribution in [0.4, 0.5) is 5.69 Å².